The molecule has 0 unspecified atom stereocenters. The molecule has 0 radical (unpaired) electrons. The minimum atomic E-state index is 0.832. The fourth-order valence-corrected chi connectivity index (χ4v) is 3.10. The van der Waals surface area contributed by atoms with Gasteiger partial charge in [-0.2, -0.15) is 0 Å². The number of hydrogen-bond acceptors (Lipinski definition) is 1. The van der Waals surface area contributed by atoms with Gasteiger partial charge in [-0.1, -0.05) is 70.8 Å². The Morgan fingerprint density at radius 3 is 2.00 bits per heavy atom. The van der Waals surface area contributed by atoms with Crippen LogP contribution < -0.4 is 4.74 Å². The van der Waals surface area contributed by atoms with E-state index >= 15 is 0 Å². The quantitative estimate of drug-likeness (QED) is 0.365. The summed E-state index contributed by atoms with van der Waals surface area (Å²) < 4.78 is 6.88. The predicted molar refractivity (Wildman–Crippen MR) is 96.2 cm³/mol. The lowest BCUT2D eigenvalue weighted by Crippen LogP contribution is -1.98. The maximum absolute atomic E-state index is 5.82. The van der Waals surface area contributed by atoms with Crippen LogP contribution in [-0.2, 0) is 0 Å². The molecule has 0 saturated heterocycles. The smallest absolute Gasteiger partial charge is 0.133 e. The van der Waals surface area contributed by atoms with Crippen molar-refractivity contribution in [1.82, 2.24) is 0 Å². The first-order valence-electron chi connectivity index (χ1n) is 8.63. The SMILES string of the molecule is CCCCCCCCCCCCOc1ccc(C)cc1Br. The standard InChI is InChI=1S/C19H31BrO/c1-3-4-5-6-7-8-9-10-11-12-15-21-19-14-13-17(2)16-18(19)20/h13-14,16H,3-12,15H2,1-2H3. The fraction of sp³-hybridized carbons (Fsp3) is 0.684. The van der Waals surface area contributed by atoms with Crippen molar-refractivity contribution >= 4 is 15.9 Å². The molecule has 1 nitrogen and oxygen atoms in total. The number of benzene rings is 1. The molecule has 0 aliphatic heterocycles. The van der Waals surface area contributed by atoms with Gasteiger partial charge < -0.3 is 4.74 Å². The number of unbranched alkanes of at least 4 members (excludes halogenated alkanes) is 9. The van der Waals surface area contributed by atoms with E-state index in [4.69, 9.17) is 4.74 Å². The van der Waals surface area contributed by atoms with Gasteiger partial charge in [-0.3, -0.25) is 0 Å². The topological polar surface area (TPSA) is 9.23 Å². The molecule has 120 valence electrons. The molecule has 0 atom stereocenters. The Labute approximate surface area is 139 Å². The molecule has 21 heavy (non-hydrogen) atoms. The van der Waals surface area contributed by atoms with Crippen LogP contribution in [0.3, 0.4) is 0 Å². The lowest BCUT2D eigenvalue weighted by Gasteiger charge is -2.08. The average Bonchev–Trinajstić information content (AvgIpc) is 2.46. The summed E-state index contributed by atoms with van der Waals surface area (Å²) in [5, 5.41) is 0. The molecule has 2 heteroatoms. The number of aryl methyl sites for hydroxylation is 1. The summed E-state index contributed by atoms with van der Waals surface area (Å²) in [5.74, 6) is 0.969. The molecule has 1 rings (SSSR count). The Morgan fingerprint density at radius 1 is 0.857 bits per heavy atom. The summed E-state index contributed by atoms with van der Waals surface area (Å²) in [6.45, 7) is 5.20. The monoisotopic (exact) mass is 354 g/mol. The third-order valence-corrected chi connectivity index (χ3v) is 4.46. The second kappa shape index (κ2) is 12.1. The van der Waals surface area contributed by atoms with E-state index in [1.54, 1.807) is 0 Å². The van der Waals surface area contributed by atoms with Crippen LogP contribution >= 0.6 is 15.9 Å². The van der Waals surface area contributed by atoms with Crippen molar-refractivity contribution in [3.63, 3.8) is 0 Å². The molecule has 0 spiro atoms. The second-order valence-corrected chi connectivity index (χ2v) is 6.82. The first-order valence-corrected chi connectivity index (χ1v) is 9.42. The van der Waals surface area contributed by atoms with Crippen molar-refractivity contribution in [1.29, 1.82) is 0 Å². The zero-order valence-corrected chi connectivity index (χ0v) is 15.4. The van der Waals surface area contributed by atoms with E-state index in [0.29, 0.717) is 0 Å². The van der Waals surface area contributed by atoms with E-state index in [0.717, 1.165) is 23.2 Å². The summed E-state index contributed by atoms with van der Waals surface area (Å²) in [7, 11) is 0. The molecule has 1 aromatic carbocycles. The lowest BCUT2D eigenvalue weighted by molar-refractivity contribution is 0.302. The number of ether oxygens (including phenoxy) is 1. The Bertz CT molecular complexity index is 376. The zero-order chi connectivity index (χ0) is 15.3. The summed E-state index contributed by atoms with van der Waals surface area (Å²) in [5.41, 5.74) is 1.26. The van der Waals surface area contributed by atoms with Crippen LogP contribution in [0.1, 0.15) is 76.7 Å². The molecule has 0 saturated carbocycles. The van der Waals surface area contributed by atoms with E-state index in [1.807, 2.05) is 0 Å². The van der Waals surface area contributed by atoms with E-state index in [2.05, 4.69) is 48.0 Å². The summed E-state index contributed by atoms with van der Waals surface area (Å²) >= 11 is 3.55. The van der Waals surface area contributed by atoms with Crippen LogP contribution in [0.15, 0.2) is 22.7 Å². The Kier molecular flexibility index (Phi) is 10.7. The molecule has 0 aliphatic carbocycles. The molecule has 0 N–H and O–H groups in total. The van der Waals surface area contributed by atoms with E-state index in [-0.39, 0.29) is 0 Å². The highest BCUT2D eigenvalue weighted by Crippen LogP contribution is 2.25. The molecule has 0 aliphatic rings. The van der Waals surface area contributed by atoms with Crippen molar-refractivity contribution in [3.05, 3.63) is 28.2 Å². The van der Waals surface area contributed by atoms with Gasteiger partial charge in [0, 0.05) is 0 Å². The number of halogens is 1. The Balaban J connectivity index is 1.93. The predicted octanol–water partition coefficient (Wildman–Crippen LogP) is 7.06. The minimum Gasteiger partial charge on any atom is -0.492 e. The van der Waals surface area contributed by atoms with Crippen molar-refractivity contribution in [2.75, 3.05) is 6.61 Å². The van der Waals surface area contributed by atoms with Gasteiger partial charge in [0.15, 0.2) is 0 Å². The van der Waals surface area contributed by atoms with Crippen LogP contribution in [0.4, 0.5) is 0 Å². The lowest BCUT2D eigenvalue weighted by atomic mass is 10.1. The van der Waals surface area contributed by atoms with Gasteiger partial charge in [0.05, 0.1) is 11.1 Å². The normalized spacial score (nSPS) is 10.8. The van der Waals surface area contributed by atoms with Gasteiger partial charge in [-0.05, 0) is 47.0 Å². The van der Waals surface area contributed by atoms with Gasteiger partial charge in [-0.25, -0.2) is 0 Å². The number of rotatable bonds is 12. The van der Waals surface area contributed by atoms with E-state index in [1.165, 1.54) is 63.4 Å². The number of hydrogen-bond donors (Lipinski definition) is 0. The fourth-order valence-electron chi connectivity index (χ4n) is 2.49. The van der Waals surface area contributed by atoms with Gasteiger partial charge in [0.25, 0.3) is 0 Å². The average molecular weight is 355 g/mol. The summed E-state index contributed by atoms with van der Waals surface area (Å²) in [4.78, 5) is 0. The van der Waals surface area contributed by atoms with Crippen LogP contribution in [-0.4, -0.2) is 6.61 Å². The highest BCUT2D eigenvalue weighted by Gasteiger charge is 2.00. The van der Waals surface area contributed by atoms with Gasteiger partial charge in [-0.15, -0.1) is 0 Å². The van der Waals surface area contributed by atoms with Crippen molar-refractivity contribution in [3.8, 4) is 5.75 Å². The third-order valence-electron chi connectivity index (χ3n) is 3.84. The largest absolute Gasteiger partial charge is 0.492 e. The summed E-state index contributed by atoms with van der Waals surface area (Å²) in [6, 6.07) is 6.25. The van der Waals surface area contributed by atoms with E-state index in [9.17, 15) is 0 Å². The maximum atomic E-state index is 5.82. The van der Waals surface area contributed by atoms with Crippen molar-refractivity contribution < 1.29 is 4.74 Å². The van der Waals surface area contributed by atoms with Crippen molar-refractivity contribution in [2.45, 2.75) is 78.1 Å². The third kappa shape index (κ3) is 9.18. The first-order chi connectivity index (χ1) is 10.2. The first kappa shape index (κ1) is 18.5. The van der Waals surface area contributed by atoms with Crippen LogP contribution in [0.25, 0.3) is 0 Å². The minimum absolute atomic E-state index is 0.832. The zero-order valence-electron chi connectivity index (χ0n) is 13.8. The Morgan fingerprint density at radius 2 is 1.43 bits per heavy atom. The van der Waals surface area contributed by atoms with Crippen molar-refractivity contribution in [2.24, 2.45) is 0 Å². The summed E-state index contributed by atoms with van der Waals surface area (Å²) in [6.07, 6.45) is 13.6. The highest BCUT2D eigenvalue weighted by atomic mass is 79.9. The second-order valence-electron chi connectivity index (χ2n) is 5.96. The molecular weight excluding hydrogens is 324 g/mol. The molecule has 0 amide bonds. The van der Waals surface area contributed by atoms with Crippen LogP contribution in [0.2, 0.25) is 0 Å². The molecular formula is C19H31BrO. The van der Waals surface area contributed by atoms with Crippen LogP contribution in [0.5, 0.6) is 5.75 Å². The van der Waals surface area contributed by atoms with Gasteiger partial charge >= 0.3 is 0 Å². The molecule has 0 bridgehead atoms. The van der Waals surface area contributed by atoms with E-state index < -0.39 is 0 Å². The molecule has 1 aromatic rings. The molecule has 0 aromatic heterocycles. The highest BCUT2D eigenvalue weighted by molar-refractivity contribution is 9.10. The van der Waals surface area contributed by atoms with Gasteiger partial charge in [0.1, 0.15) is 5.75 Å². The molecule has 0 fully saturated rings. The van der Waals surface area contributed by atoms with Gasteiger partial charge in [0.2, 0.25) is 0 Å². The van der Waals surface area contributed by atoms with Crippen LogP contribution in [0, 0.1) is 6.92 Å². The molecule has 0 heterocycles. The Hall–Kier alpha value is -0.500. The maximum Gasteiger partial charge on any atom is 0.133 e.